The standard InChI is InChI=1S/C18H18N2O3S/c1-12-4-6-13(7-5-12)11-24-18-20-19-17(23-18)14-8-9-15(21-2)16(10-14)22-3/h4-10H,11H2,1-3H3. The molecule has 0 atom stereocenters. The first-order valence-corrected chi connectivity index (χ1v) is 8.42. The SMILES string of the molecule is COc1ccc(-c2nnc(SCc3ccc(C)cc3)o2)cc1OC. The van der Waals surface area contributed by atoms with Gasteiger partial charge in [0.25, 0.3) is 5.22 Å². The molecule has 124 valence electrons. The van der Waals surface area contributed by atoms with Crippen LogP contribution < -0.4 is 9.47 Å². The quantitative estimate of drug-likeness (QED) is 0.621. The molecule has 1 heterocycles. The van der Waals surface area contributed by atoms with Crippen molar-refractivity contribution in [2.24, 2.45) is 0 Å². The number of thioether (sulfide) groups is 1. The number of hydrogen-bond donors (Lipinski definition) is 0. The predicted molar refractivity (Wildman–Crippen MR) is 93.6 cm³/mol. The molecular weight excluding hydrogens is 324 g/mol. The van der Waals surface area contributed by atoms with Gasteiger partial charge in [0.2, 0.25) is 5.89 Å². The van der Waals surface area contributed by atoms with E-state index in [2.05, 4.69) is 41.4 Å². The zero-order valence-corrected chi connectivity index (χ0v) is 14.6. The molecule has 0 N–H and O–H groups in total. The Labute approximate surface area is 145 Å². The average Bonchev–Trinajstić information content (AvgIpc) is 3.09. The first-order valence-electron chi connectivity index (χ1n) is 7.44. The number of rotatable bonds is 6. The number of hydrogen-bond acceptors (Lipinski definition) is 6. The van der Waals surface area contributed by atoms with E-state index in [9.17, 15) is 0 Å². The highest BCUT2D eigenvalue weighted by atomic mass is 32.2. The van der Waals surface area contributed by atoms with Crippen LogP contribution in [0.3, 0.4) is 0 Å². The van der Waals surface area contributed by atoms with E-state index in [4.69, 9.17) is 13.9 Å². The second-order valence-electron chi connectivity index (χ2n) is 5.22. The molecule has 0 bridgehead atoms. The molecule has 0 saturated carbocycles. The summed E-state index contributed by atoms with van der Waals surface area (Å²) in [4.78, 5) is 0. The molecule has 0 aliphatic rings. The van der Waals surface area contributed by atoms with Gasteiger partial charge in [-0.25, -0.2) is 0 Å². The maximum Gasteiger partial charge on any atom is 0.277 e. The molecule has 3 aromatic rings. The topological polar surface area (TPSA) is 57.4 Å². The monoisotopic (exact) mass is 342 g/mol. The van der Waals surface area contributed by atoms with Gasteiger partial charge in [0, 0.05) is 11.3 Å². The highest BCUT2D eigenvalue weighted by Gasteiger charge is 2.12. The van der Waals surface area contributed by atoms with E-state index in [1.807, 2.05) is 18.2 Å². The lowest BCUT2D eigenvalue weighted by Crippen LogP contribution is -1.90. The van der Waals surface area contributed by atoms with Gasteiger partial charge in [-0.2, -0.15) is 0 Å². The van der Waals surface area contributed by atoms with Gasteiger partial charge in [-0.05, 0) is 30.7 Å². The van der Waals surface area contributed by atoms with Gasteiger partial charge >= 0.3 is 0 Å². The summed E-state index contributed by atoms with van der Waals surface area (Å²) in [7, 11) is 3.20. The molecule has 5 nitrogen and oxygen atoms in total. The van der Waals surface area contributed by atoms with Gasteiger partial charge in [-0.3, -0.25) is 0 Å². The number of aryl methyl sites for hydroxylation is 1. The minimum atomic E-state index is 0.461. The van der Waals surface area contributed by atoms with E-state index in [-0.39, 0.29) is 0 Å². The van der Waals surface area contributed by atoms with Gasteiger partial charge in [0.15, 0.2) is 11.5 Å². The van der Waals surface area contributed by atoms with Gasteiger partial charge in [0.05, 0.1) is 14.2 Å². The Bertz CT molecular complexity index is 815. The van der Waals surface area contributed by atoms with E-state index < -0.39 is 0 Å². The largest absolute Gasteiger partial charge is 0.493 e. The first-order chi connectivity index (χ1) is 11.7. The van der Waals surface area contributed by atoms with Crippen molar-refractivity contribution in [2.45, 2.75) is 17.9 Å². The Balaban J connectivity index is 1.72. The Morgan fingerprint density at radius 3 is 2.42 bits per heavy atom. The molecule has 0 aliphatic carbocycles. The Kier molecular flexibility index (Phi) is 5.05. The third-order valence-corrected chi connectivity index (χ3v) is 4.41. The summed E-state index contributed by atoms with van der Waals surface area (Å²) < 4.78 is 16.3. The number of ether oxygens (including phenoxy) is 2. The van der Waals surface area contributed by atoms with Crippen molar-refractivity contribution < 1.29 is 13.9 Å². The molecule has 3 rings (SSSR count). The molecule has 0 saturated heterocycles. The molecule has 2 aromatic carbocycles. The summed E-state index contributed by atoms with van der Waals surface area (Å²) in [6.07, 6.45) is 0. The molecular formula is C18H18N2O3S. The Morgan fingerprint density at radius 1 is 0.958 bits per heavy atom. The molecule has 0 aliphatic heterocycles. The molecule has 0 amide bonds. The van der Waals surface area contributed by atoms with Crippen LogP contribution in [0.25, 0.3) is 11.5 Å². The Hall–Kier alpha value is -2.47. The fourth-order valence-corrected chi connectivity index (χ4v) is 2.90. The lowest BCUT2D eigenvalue weighted by Gasteiger charge is -2.07. The van der Waals surface area contributed by atoms with Crippen molar-refractivity contribution >= 4 is 11.8 Å². The summed E-state index contributed by atoms with van der Waals surface area (Å²) >= 11 is 1.52. The van der Waals surface area contributed by atoms with Crippen molar-refractivity contribution in [1.82, 2.24) is 10.2 Å². The van der Waals surface area contributed by atoms with Crippen LogP contribution in [0, 0.1) is 6.92 Å². The van der Waals surface area contributed by atoms with Crippen LogP contribution in [0.2, 0.25) is 0 Å². The molecule has 0 radical (unpaired) electrons. The summed E-state index contributed by atoms with van der Waals surface area (Å²) in [6.45, 7) is 2.07. The van der Waals surface area contributed by atoms with E-state index in [0.29, 0.717) is 22.6 Å². The summed E-state index contributed by atoms with van der Waals surface area (Å²) in [5.74, 6) is 2.53. The van der Waals surface area contributed by atoms with E-state index in [1.165, 1.54) is 22.9 Å². The van der Waals surface area contributed by atoms with Gasteiger partial charge in [0.1, 0.15) is 0 Å². The van der Waals surface area contributed by atoms with Gasteiger partial charge in [-0.1, -0.05) is 41.6 Å². The maximum absolute atomic E-state index is 5.73. The molecule has 0 unspecified atom stereocenters. The number of aromatic nitrogens is 2. The van der Waals surface area contributed by atoms with Crippen LogP contribution in [0.5, 0.6) is 11.5 Å². The van der Waals surface area contributed by atoms with E-state index >= 15 is 0 Å². The van der Waals surface area contributed by atoms with E-state index in [0.717, 1.165) is 11.3 Å². The molecule has 1 aromatic heterocycles. The Morgan fingerprint density at radius 2 is 1.71 bits per heavy atom. The first kappa shape index (κ1) is 16.4. The highest BCUT2D eigenvalue weighted by Crippen LogP contribution is 2.33. The minimum Gasteiger partial charge on any atom is -0.493 e. The zero-order chi connectivity index (χ0) is 16.9. The second-order valence-corrected chi connectivity index (χ2v) is 6.14. The van der Waals surface area contributed by atoms with Crippen molar-refractivity contribution in [1.29, 1.82) is 0 Å². The number of methoxy groups -OCH3 is 2. The van der Waals surface area contributed by atoms with Crippen LogP contribution in [-0.4, -0.2) is 24.4 Å². The van der Waals surface area contributed by atoms with E-state index in [1.54, 1.807) is 14.2 Å². The van der Waals surface area contributed by atoms with Crippen LogP contribution in [0.4, 0.5) is 0 Å². The zero-order valence-electron chi connectivity index (χ0n) is 13.8. The normalized spacial score (nSPS) is 10.6. The van der Waals surface area contributed by atoms with Gasteiger partial charge in [-0.15, -0.1) is 10.2 Å². The lowest BCUT2D eigenvalue weighted by atomic mass is 10.2. The highest BCUT2D eigenvalue weighted by molar-refractivity contribution is 7.98. The lowest BCUT2D eigenvalue weighted by molar-refractivity contribution is 0.355. The van der Waals surface area contributed by atoms with Crippen LogP contribution in [-0.2, 0) is 5.75 Å². The summed E-state index contributed by atoms with van der Waals surface area (Å²) in [6, 6.07) is 13.9. The fourth-order valence-electron chi connectivity index (χ4n) is 2.18. The number of nitrogens with zero attached hydrogens (tertiary/aromatic N) is 2. The molecule has 6 heteroatoms. The van der Waals surface area contributed by atoms with Crippen molar-refractivity contribution in [3.63, 3.8) is 0 Å². The number of benzene rings is 2. The van der Waals surface area contributed by atoms with Crippen LogP contribution in [0.1, 0.15) is 11.1 Å². The van der Waals surface area contributed by atoms with Gasteiger partial charge < -0.3 is 13.9 Å². The third kappa shape index (κ3) is 3.71. The second kappa shape index (κ2) is 7.40. The van der Waals surface area contributed by atoms with Crippen LogP contribution >= 0.6 is 11.8 Å². The van der Waals surface area contributed by atoms with Crippen LogP contribution in [0.15, 0.2) is 52.1 Å². The molecule has 0 spiro atoms. The smallest absolute Gasteiger partial charge is 0.277 e. The third-order valence-electron chi connectivity index (χ3n) is 3.52. The summed E-state index contributed by atoms with van der Waals surface area (Å²) in [5, 5.41) is 8.75. The maximum atomic E-state index is 5.73. The summed E-state index contributed by atoms with van der Waals surface area (Å²) in [5.41, 5.74) is 3.26. The average molecular weight is 342 g/mol. The predicted octanol–water partition coefficient (Wildman–Crippen LogP) is 4.35. The van der Waals surface area contributed by atoms with Crippen molar-refractivity contribution in [2.75, 3.05) is 14.2 Å². The van der Waals surface area contributed by atoms with Crippen molar-refractivity contribution in [3.05, 3.63) is 53.6 Å². The molecule has 24 heavy (non-hydrogen) atoms. The minimum absolute atomic E-state index is 0.461. The van der Waals surface area contributed by atoms with Crippen molar-refractivity contribution in [3.8, 4) is 23.0 Å². The molecule has 0 fully saturated rings. The fraction of sp³-hybridized carbons (Fsp3) is 0.222.